The normalized spacial score (nSPS) is 21.0. The van der Waals surface area contributed by atoms with Gasteiger partial charge in [0.15, 0.2) is 0 Å². The molecule has 0 bridgehead atoms. The van der Waals surface area contributed by atoms with Crippen LogP contribution in [0.25, 0.3) is 0 Å². The number of nitrogens with zero attached hydrogens (tertiary/aromatic N) is 1. The molecule has 0 unspecified atom stereocenters. The van der Waals surface area contributed by atoms with Crippen LogP contribution in [-0.2, 0) is 17.6 Å². The molecule has 3 rings (SSSR count). The molecule has 0 amide bonds. The van der Waals surface area contributed by atoms with Gasteiger partial charge in [0.2, 0.25) is 0 Å². The number of rotatable bonds is 8. The summed E-state index contributed by atoms with van der Waals surface area (Å²) in [6, 6.07) is 9.13. The first-order chi connectivity index (χ1) is 12.9. The monoisotopic (exact) mass is 374 g/mol. The van der Waals surface area contributed by atoms with Gasteiger partial charge < -0.3 is 20.9 Å². The highest BCUT2D eigenvalue weighted by Crippen LogP contribution is 2.34. The minimum absolute atomic E-state index is 0.0333. The van der Waals surface area contributed by atoms with Gasteiger partial charge in [-0.2, -0.15) is 0 Å². The Morgan fingerprint density at radius 3 is 2.26 bits per heavy atom. The maximum Gasteiger partial charge on any atom is 0.451 e. The van der Waals surface area contributed by atoms with Gasteiger partial charge in [0, 0.05) is 6.04 Å². The van der Waals surface area contributed by atoms with E-state index in [2.05, 4.69) is 29.2 Å². The van der Waals surface area contributed by atoms with Crippen molar-refractivity contribution in [3.05, 3.63) is 35.4 Å². The Morgan fingerprint density at radius 2 is 1.74 bits per heavy atom. The molecule has 7 heteroatoms. The summed E-state index contributed by atoms with van der Waals surface area (Å²) >= 11 is 0. The van der Waals surface area contributed by atoms with Gasteiger partial charge in [0.1, 0.15) is 5.54 Å². The second kappa shape index (κ2) is 8.73. The average molecular weight is 374 g/mol. The van der Waals surface area contributed by atoms with Crippen molar-refractivity contribution in [2.45, 2.75) is 62.8 Å². The number of likely N-dealkylation sites (tertiary alicyclic amines) is 1. The lowest BCUT2D eigenvalue weighted by molar-refractivity contribution is -0.147. The number of carboxylic acids is 1. The summed E-state index contributed by atoms with van der Waals surface area (Å²) in [5.74, 6) is -0.965. The highest BCUT2D eigenvalue weighted by Gasteiger charge is 2.43. The van der Waals surface area contributed by atoms with Gasteiger partial charge in [-0.1, -0.05) is 37.1 Å². The summed E-state index contributed by atoms with van der Waals surface area (Å²) in [6.07, 6.45) is 5.58. The van der Waals surface area contributed by atoms with Crippen LogP contribution in [-0.4, -0.2) is 57.8 Å². The van der Waals surface area contributed by atoms with E-state index >= 15 is 0 Å². The molecule has 1 atom stereocenters. The van der Waals surface area contributed by atoms with Crippen LogP contribution in [0.5, 0.6) is 0 Å². The lowest BCUT2D eigenvalue weighted by Gasteiger charge is -2.42. The van der Waals surface area contributed by atoms with Crippen molar-refractivity contribution < 1.29 is 19.9 Å². The number of hydrogen-bond donors (Lipinski definition) is 4. The second-order valence-electron chi connectivity index (χ2n) is 8.21. The SMILES string of the molecule is N[C@](CCCCB(O)O)(C(=O)O)C1CCN(C2Cc3ccccc3C2)CC1. The zero-order valence-electron chi connectivity index (χ0n) is 15.9. The molecular formula is C20H31BN2O4. The molecule has 0 saturated carbocycles. The van der Waals surface area contributed by atoms with E-state index < -0.39 is 18.6 Å². The first kappa shape index (κ1) is 20.3. The topological polar surface area (TPSA) is 107 Å². The van der Waals surface area contributed by atoms with Crippen molar-refractivity contribution in [3.8, 4) is 0 Å². The van der Waals surface area contributed by atoms with Crippen molar-refractivity contribution in [2.24, 2.45) is 11.7 Å². The number of aliphatic carboxylic acids is 1. The zero-order chi connectivity index (χ0) is 19.4. The minimum Gasteiger partial charge on any atom is -0.480 e. The molecule has 148 valence electrons. The standard InChI is InChI=1S/C20H31BN2O4/c22-20(19(24)25,9-3-4-10-21(26)27)17-7-11-23(12-8-17)18-13-15-5-1-2-6-16(15)14-18/h1-2,5-6,17-18,26-27H,3-4,7-14,22H2,(H,24,25)/t20-/m0/s1. The summed E-state index contributed by atoms with van der Waals surface area (Å²) in [7, 11) is -1.33. The van der Waals surface area contributed by atoms with E-state index in [0.717, 1.165) is 38.8 Å². The van der Waals surface area contributed by atoms with Crippen molar-refractivity contribution in [2.75, 3.05) is 13.1 Å². The number of nitrogens with two attached hydrogens (primary N) is 1. The highest BCUT2D eigenvalue weighted by atomic mass is 16.4. The molecule has 1 heterocycles. The lowest BCUT2D eigenvalue weighted by atomic mass is 9.74. The van der Waals surface area contributed by atoms with Gasteiger partial charge in [0.05, 0.1) is 0 Å². The fraction of sp³-hybridized carbons (Fsp3) is 0.650. The first-order valence-corrected chi connectivity index (χ1v) is 10.1. The summed E-state index contributed by atoms with van der Waals surface area (Å²) < 4.78 is 0. The van der Waals surface area contributed by atoms with Gasteiger partial charge in [-0.15, -0.1) is 0 Å². The van der Waals surface area contributed by atoms with Crippen molar-refractivity contribution in [3.63, 3.8) is 0 Å². The smallest absolute Gasteiger partial charge is 0.451 e. The summed E-state index contributed by atoms with van der Waals surface area (Å²) in [5, 5.41) is 27.6. The second-order valence-corrected chi connectivity index (χ2v) is 8.21. The minimum atomic E-state index is -1.33. The number of carboxylic acid groups (broad SMARTS) is 1. The number of piperidine rings is 1. The van der Waals surface area contributed by atoms with Gasteiger partial charge in [-0.3, -0.25) is 9.69 Å². The average Bonchev–Trinajstić information content (AvgIpc) is 3.09. The number of benzene rings is 1. The zero-order valence-corrected chi connectivity index (χ0v) is 15.9. The Labute approximate surface area is 161 Å². The molecule has 1 aliphatic heterocycles. The molecule has 5 N–H and O–H groups in total. The Bertz CT molecular complexity index is 624. The van der Waals surface area contributed by atoms with Crippen molar-refractivity contribution in [1.29, 1.82) is 0 Å². The molecule has 27 heavy (non-hydrogen) atoms. The summed E-state index contributed by atoms with van der Waals surface area (Å²) in [5.41, 5.74) is 8.02. The maximum absolute atomic E-state index is 11.9. The molecule has 1 fully saturated rings. The number of unbranched alkanes of at least 4 members (excludes halogenated alkanes) is 1. The molecule has 1 aliphatic carbocycles. The van der Waals surface area contributed by atoms with Crippen LogP contribution < -0.4 is 5.73 Å². The molecule has 0 radical (unpaired) electrons. The van der Waals surface area contributed by atoms with E-state index in [1.54, 1.807) is 0 Å². The fourth-order valence-corrected chi connectivity index (χ4v) is 4.80. The Hall–Kier alpha value is -1.41. The van der Waals surface area contributed by atoms with E-state index in [9.17, 15) is 9.90 Å². The highest BCUT2D eigenvalue weighted by molar-refractivity contribution is 6.40. The number of hydrogen-bond acceptors (Lipinski definition) is 5. The van der Waals surface area contributed by atoms with E-state index in [0.29, 0.717) is 25.3 Å². The molecular weight excluding hydrogens is 343 g/mol. The van der Waals surface area contributed by atoms with Crippen LogP contribution in [0.2, 0.25) is 6.32 Å². The van der Waals surface area contributed by atoms with Crippen LogP contribution in [0.15, 0.2) is 24.3 Å². The third kappa shape index (κ3) is 4.72. The van der Waals surface area contributed by atoms with Crippen LogP contribution in [0.1, 0.15) is 43.2 Å². The third-order valence-corrected chi connectivity index (χ3v) is 6.50. The van der Waals surface area contributed by atoms with Gasteiger partial charge in [-0.05, 0) is 68.6 Å². The van der Waals surface area contributed by atoms with Crippen LogP contribution in [0.3, 0.4) is 0 Å². The third-order valence-electron chi connectivity index (χ3n) is 6.50. The number of fused-ring (bicyclic) bond motifs is 1. The molecule has 6 nitrogen and oxygen atoms in total. The maximum atomic E-state index is 11.9. The van der Waals surface area contributed by atoms with Gasteiger partial charge in [0.25, 0.3) is 0 Å². The largest absolute Gasteiger partial charge is 0.480 e. The van der Waals surface area contributed by atoms with Crippen LogP contribution >= 0.6 is 0 Å². The Morgan fingerprint density at radius 1 is 1.15 bits per heavy atom. The van der Waals surface area contributed by atoms with Crippen molar-refractivity contribution >= 4 is 13.1 Å². The molecule has 1 aromatic rings. The molecule has 0 spiro atoms. The quantitative estimate of drug-likeness (QED) is 0.404. The van der Waals surface area contributed by atoms with Crippen LogP contribution in [0, 0.1) is 5.92 Å². The van der Waals surface area contributed by atoms with Crippen LogP contribution in [0.4, 0.5) is 0 Å². The first-order valence-electron chi connectivity index (χ1n) is 10.1. The molecule has 2 aliphatic rings. The summed E-state index contributed by atoms with van der Waals surface area (Å²) in [6.45, 7) is 1.79. The fourth-order valence-electron chi connectivity index (χ4n) is 4.80. The summed E-state index contributed by atoms with van der Waals surface area (Å²) in [4.78, 5) is 14.4. The predicted octanol–water partition coefficient (Wildman–Crippen LogP) is 1.29. The van der Waals surface area contributed by atoms with E-state index in [1.807, 2.05) is 0 Å². The predicted molar refractivity (Wildman–Crippen MR) is 105 cm³/mol. The lowest BCUT2D eigenvalue weighted by Crippen LogP contribution is -2.57. The van der Waals surface area contributed by atoms with Gasteiger partial charge in [-0.25, -0.2) is 0 Å². The van der Waals surface area contributed by atoms with E-state index in [4.69, 9.17) is 15.8 Å². The molecule has 1 aromatic carbocycles. The van der Waals surface area contributed by atoms with E-state index in [-0.39, 0.29) is 12.2 Å². The van der Waals surface area contributed by atoms with Gasteiger partial charge >= 0.3 is 13.1 Å². The number of carbonyl (C=O) groups is 1. The Balaban J connectivity index is 1.53. The Kier molecular flexibility index (Phi) is 6.58. The molecule has 1 saturated heterocycles. The van der Waals surface area contributed by atoms with E-state index in [1.165, 1.54) is 11.1 Å². The molecule has 0 aromatic heterocycles. The van der Waals surface area contributed by atoms with Crippen molar-refractivity contribution in [1.82, 2.24) is 4.90 Å².